The molecular formula is C13H13N5O4. The van der Waals surface area contributed by atoms with Gasteiger partial charge in [0.1, 0.15) is 18.9 Å². The molecule has 0 aliphatic rings. The van der Waals surface area contributed by atoms with Gasteiger partial charge in [-0.2, -0.15) is 5.10 Å². The van der Waals surface area contributed by atoms with Crippen molar-refractivity contribution >= 4 is 17.6 Å². The third-order valence-electron chi connectivity index (χ3n) is 2.68. The zero-order valence-electron chi connectivity index (χ0n) is 11.4. The van der Waals surface area contributed by atoms with Gasteiger partial charge >= 0.3 is 11.7 Å². The van der Waals surface area contributed by atoms with E-state index in [9.17, 15) is 19.7 Å². The Labute approximate surface area is 125 Å². The van der Waals surface area contributed by atoms with Crippen LogP contribution in [0.3, 0.4) is 0 Å². The summed E-state index contributed by atoms with van der Waals surface area (Å²) in [6.45, 7) is -0.000206. The van der Waals surface area contributed by atoms with Gasteiger partial charge in [-0.3, -0.25) is 24.9 Å². The summed E-state index contributed by atoms with van der Waals surface area (Å²) in [6, 6.07) is 8.57. The highest BCUT2D eigenvalue weighted by atomic mass is 16.6. The van der Waals surface area contributed by atoms with Crippen molar-refractivity contribution < 1.29 is 14.5 Å². The molecule has 9 nitrogen and oxygen atoms in total. The number of hydrogen-bond acceptors (Lipinski definition) is 5. The maximum atomic E-state index is 11.6. The Morgan fingerprint density at radius 2 is 2.00 bits per heavy atom. The average molecular weight is 303 g/mol. The van der Waals surface area contributed by atoms with Crippen LogP contribution in [-0.4, -0.2) is 26.6 Å². The van der Waals surface area contributed by atoms with Crippen molar-refractivity contribution in [3.05, 3.63) is 58.4 Å². The first-order valence-electron chi connectivity index (χ1n) is 6.33. The summed E-state index contributed by atoms with van der Waals surface area (Å²) in [4.78, 5) is 33.0. The highest BCUT2D eigenvalue weighted by Gasteiger charge is 2.12. The molecule has 1 aromatic heterocycles. The van der Waals surface area contributed by atoms with Crippen LogP contribution in [0.4, 0.5) is 10.5 Å². The molecule has 0 bridgehead atoms. The predicted octanol–water partition coefficient (Wildman–Crippen LogP) is 0.817. The first kappa shape index (κ1) is 15.2. The van der Waals surface area contributed by atoms with Crippen molar-refractivity contribution in [3.63, 3.8) is 0 Å². The van der Waals surface area contributed by atoms with E-state index >= 15 is 0 Å². The number of imide groups is 1. The Bertz CT molecular complexity index is 683. The minimum atomic E-state index is -0.643. The minimum absolute atomic E-state index is 0.221. The van der Waals surface area contributed by atoms with Gasteiger partial charge in [-0.1, -0.05) is 30.3 Å². The lowest BCUT2D eigenvalue weighted by atomic mass is 10.2. The van der Waals surface area contributed by atoms with E-state index in [-0.39, 0.29) is 18.8 Å². The molecule has 0 spiro atoms. The van der Waals surface area contributed by atoms with Gasteiger partial charge in [0.2, 0.25) is 5.91 Å². The molecule has 22 heavy (non-hydrogen) atoms. The smallest absolute Gasteiger partial charge is 0.321 e. The van der Waals surface area contributed by atoms with Crippen LogP contribution in [-0.2, 0) is 17.9 Å². The van der Waals surface area contributed by atoms with Gasteiger partial charge in [-0.15, -0.1) is 0 Å². The Balaban J connectivity index is 1.78. The topological polar surface area (TPSA) is 119 Å². The number of hydrogen-bond donors (Lipinski definition) is 2. The number of amides is 3. The lowest BCUT2D eigenvalue weighted by Gasteiger charge is -2.06. The zero-order chi connectivity index (χ0) is 15.9. The first-order chi connectivity index (χ1) is 10.5. The number of benzene rings is 1. The molecule has 0 fully saturated rings. The summed E-state index contributed by atoms with van der Waals surface area (Å²) < 4.78 is 1.08. The van der Waals surface area contributed by atoms with Gasteiger partial charge in [0, 0.05) is 6.54 Å². The summed E-state index contributed by atoms with van der Waals surface area (Å²) >= 11 is 0. The zero-order valence-corrected chi connectivity index (χ0v) is 11.4. The largest absolute Gasteiger partial charge is 0.334 e. The highest BCUT2D eigenvalue weighted by Crippen LogP contribution is 2.07. The minimum Gasteiger partial charge on any atom is -0.334 e. The molecule has 0 radical (unpaired) electrons. The molecule has 3 amide bonds. The average Bonchev–Trinajstić information content (AvgIpc) is 2.95. The quantitative estimate of drug-likeness (QED) is 0.626. The molecule has 0 atom stereocenters. The normalized spacial score (nSPS) is 10.0. The Kier molecular flexibility index (Phi) is 4.81. The molecule has 0 aliphatic heterocycles. The van der Waals surface area contributed by atoms with Gasteiger partial charge in [0.15, 0.2) is 0 Å². The van der Waals surface area contributed by atoms with E-state index in [0.717, 1.165) is 22.6 Å². The number of carbonyl (C=O) groups excluding carboxylic acids is 2. The number of carbonyl (C=O) groups is 2. The molecule has 0 saturated heterocycles. The van der Waals surface area contributed by atoms with Crippen molar-refractivity contribution in [2.75, 3.05) is 0 Å². The molecule has 114 valence electrons. The monoisotopic (exact) mass is 303 g/mol. The van der Waals surface area contributed by atoms with Crippen LogP contribution in [0.2, 0.25) is 0 Å². The standard InChI is InChI=1S/C13H13N5O4/c19-12(9-17-8-11(7-15-17)18(21)22)16-13(20)14-6-10-4-2-1-3-5-10/h1-5,7-8H,6,9H2,(H2,14,16,19,20). The van der Waals surface area contributed by atoms with Crippen molar-refractivity contribution in [1.29, 1.82) is 0 Å². The molecule has 1 aromatic carbocycles. The van der Waals surface area contributed by atoms with Crippen LogP contribution in [0.25, 0.3) is 0 Å². The Morgan fingerprint density at radius 1 is 1.27 bits per heavy atom. The van der Waals surface area contributed by atoms with E-state index in [4.69, 9.17) is 0 Å². The molecule has 0 saturated carbocycles. The second kappa shape index (κ2) is 6.97. The van der Waals surface area contributed by atoms with Crippen molar-refractivity contribution in [3.8, 4) is 0 Å². The molecule has 0 unspecified atom stereocenters. The van der Waals surface area contributed by atoms with Gasteiger partial charge in [0.25, 0.3) is 0 Å². The number of nitro groups is 1. The summed E-state index contributed by atoms with van der Waals surface area (Å²) in [7, 11) is 0. The third-order valence-corrected chi connectivity index (χ3v) is 2.68. The number of nitrogens with one attached hydrogen (secondary N) is 2. The fourth-order valence-corrected chi connectivity index (χ4v) is 1.67. The molecule has 2 rings (SSSR count). The lowest BCUT2D eigenvalue weighted by Crippen LogP contribution is -2.40. The van der Waals surface area contributed by atoms with Gasteiger partial charge in [-0.05, 0) is 5.56 Å². The van der Waals surface area contributed by atoms with Crippen molar-refractivity contribution in [2.45, 2.75) is 13.1 Å². The first-order valence-corrected chi connectivity index (χ1v) is 6.33. The second-order valence-electron chi connectivity index (χ2n) is 4.37. The molecule has 0 aliphatic carbocycles. The third kappa shape index (κ3) is 4.40. The molecule has 9 heteroatoms. The van der Waals surface area contributed by atoms with E-state index < -0.39 is 16.9 Å². The van der Waals surface area contributed by atoms with Crippen LogP contribution in [0.1, 0.15) is 5.56 Å². The maximum Gasteiger partial charge on any atom is 0.321 e. The summed E-state index contributed by atoms with van der Waals surface area (Å²) in [5, 5.41) is 18.8. The highest BCUT2D eigenvalue weighted by molar-refractivity contribution is 5.94. The van der Waals surface area contributed by atoms with E-state index in [0.29, 0.717) is 0 Å². The Morgan fingerprint density at radius 3 is 2.64 bits per heavy atom. The van der Waals surface area contributed by atoms with Crippen molar-refractivity contribution in [1.82, 2.24) is 20.4 Å². The molecule has 2 aromatic rings. The fourth-order valence-electron chi connectivity index (χ4n) is 1.67. The molecule has 1 heterocycles. The number of nitrogens with zero attached hydrogens (tertiary/aromatic N) is 3. The summed E-state index contributed by atoms with van der Waals surface area (Å²) in [5.74, 6) is -0.622. The van der Waals surface area contributed by atoms with Gasteiger partial charge in [0.05, 0.1) is 4.92 Å². The van der Waals surface area contributed by atoms with Crippen molar-refractivity contribution in [2.24, 2.45) is 0 Å². The number of urea groups is 1. The number of aromatic nitrogens is 2. The van der Waals surface area contributed by atoms with E-state index in [2.05, 4.69) is 15.7 Å². The summed E-state index contributed by atoms with van der Waals surface area (Å²) in [6.07, 6.45) is 2.14. The van der Waals surface area contributed by atoms with Crippen LogP contribution in [0.5, 0.6) is 0 Å². The predicted molar refractivity (Wildman–Crippen MR) is 75.7 cm³/mol. The van der Waals surface area contributed by atoms with Crippen LogP contribution >= 0.6 is 0 Å². The van der Waals surface area contributed by atoms with Crippen LogP contribution < -0.4 is 10.6 Å². The molecule has 2 N–H and O–H groups in total. The number of rotatable bonds is 5. The fraction of sp³-hybridized carbons (Fsp3) is 0.154. The van der Waals surface area contributed by atoms with Crippen LogP contribution in [0, 0.1) is 10.1 Å². The van der Waals surface area contributed by atoms with E-state index in [1.54, 1.807) is 0 Å². The summed E-state index contributed by atoms with van der Waals surface area (Å²) in [5.41, 5.74) is 0.675. The second-order valence-corrected chi connectivity index (χ2v) is 4.37. The van der Waals surface area contributed by atoms with Gasteiger partial charge < -0.3 is 5.32 Å². The Hall–Kier alpha value is -3.23. The van der Waals surface area contributed by atoms with E-state index in [1.807, 2.05) is 30.3 Å². The van der Waals surface area contributed by atoms with E-state index in [1.165, 1.54) is 0 Å². The molecular weight excluding hydrogens is 290 g/mol. The maximum absolute atomic E-state index is 11.6. The lowest BCUT2D eigenvalue weighted by molar-refractivity contribution is -0.385. The van der Waals surface area contributed by atoms with Crippen LogP contribution in [0.15, 0.2) is 42.7 Å². The van der Waals surface area contributed by atoms with Gasteiger partial charge in [-0.25, -0.2) is 4.79 Å². The SMILES string of the molecule is O=C(Cn1cc([N+](=O)[O-])cn1)NC(=O)NCc1ccccc1.